The van der Waals surface area contributed by atoms with Crippen molar-refractivity contribution in [2.45, 2.75) is 12.6 Å². The fraction of sp³-hybridized carbons (Fsp3) is 1.00. The fourth-order valence-electron chi connectivity index (χ4n) is 2.90. The van der Waals surface area contributed by atoms with Crippen molar-refractivity contribution in [1.29, 1.82) is 0 Å². The minimum Gasteiger partial charge on any atom is -0.314 e. The van der Waals surface area contributed by atoms with Crippen LogP contribution in [0.15, 0.2) is 0 Å². The molecule has 2 aliphatic rings. The summed E-state index contributed by atoms with van der Waals surface area (Å²) in [5.74, 6) is 0.804. The van der Waals surface area contributed by atoms with Crippen LogP contribution in [0.4, 0.5) is 0 Å². The Morgan fingerprint density at radius 1 is 1.27 bits per heavy atom. The minimum absolute atomic E-state index is 0.581. The van der Waals surface area contributed by atoms with Crippen molar-refractivity contribution in [3.8, 4) is 0 Å². The zero-order valence-corrected chi connectivity index (χ0v) is 10.00. The molecule has 2 aliphatic heterocycles. The second kappa shape index (κ2) is 5.25. The van der Waals surface area contributed by atoms with Crippen LogP contribution in [0.1, 0.15) is 6.42 Å². The van der Waals surface area contributed by atoms with E-state index in [1.807, 2.05) is 0 Å². The first-order valence-corrected chi connectivity index (χ1v) is 6.12. The SMILES string of the molecule is CNC(C1CCN(C)C1)N1CCNCC1. The van der Waals surface area contributed by atoms with E-state index in [1.54, 1.807) is 0 Å². The van der Waals surface area contributed by atoms with Gasteiger partial charge < -0.3 is 15.5 Å². The predicted octanol–water partition coefficient (Wildman–Crippen LogP) is -0.611. The van der Waals surface area contributed by atoms with Gasteiger partial charge in [-0.1, -0.05) is 0 Å². The molecule has 2 fully saturated rings. The Balaban J connectivity index is 1.90. The molecule has 4 heteroatoms. The molecule has 0 radical (unpaired) electrons. The average Bonchev–Trinajstić information content (AvgIpc) is 2.68. The van der Waals surface area contributed by atoms with Gasteiger partial charge in [-0.15, -0.1) is 0 Å². The van der Waals surface area contributed by atoms with Gasteiger partial charge in [0.1, 0.15) is 0 Å². The van der Waals surface area contributed by atoms with Crippen LogP contribution in [-0.4, -0.2) is 69.3 Å². The van der Waals surface area contributed by atoms with Gasteiger partial charge in [0, 0.05) is 38.6 Å². The summed E-state index contributed by atoms with van der Waals surface area (Å²) < 4.78 is 0. The van der Waals surface area contributed by atoms with E-state index >= 15 is 0 Å². The molecule has 2 atom stereocenters. The zero-order chi connectivity index (χ0) is 10.7. The van der Waals surface area contributed by atoms with Gasteiger partial charge >= 0.3 is 0 Å². The van der Waals surface area contributed by atoms with Crippen molar-refractivity contribution >= 4 is 0 Å². The van der Waals surface area contributed by atoms with Gasteiger partial charge in [0.2, 0.25) is 0 Å². The van der Waals surface area contributed by atoms with Crippen LogP contribution in [-0.2, 0) is 0 Å². The van der Waals surface area contributed by atoms with E-state index in [-0.39, 0.29) is 0 Å². The molecule has 0 aromatic rings. The fourth-order valence-corrected chi connectivity index (χ4v) is 2.90. The first-order chi connectivity index (χ1) is 7.31. The molecule has 2 unspecified atom stereocenters. The molecule has 0 saturated carbocycles. The van der Waals surface area contributed by atoms with Crippen LogP contribution in [0.25, 0.3) is 0 Å². The van der Waals surface area contributed by atoms with Crippen molar-refractivity contribution in [3.63, 3.8) is 0 Å². The highest BCUT2D eigenvalue weighted by Crippen LogP contribution is 2.20. The second-order valence-corrected chi connectivity index (χ2v) is 4.83. The molecular formula is C11H24N4. The summed E-state index contributed by atoms with van der Waals surface area (Å²) in [5.41, 5.74) is 0. The summed E-state index contributed by atoms with van der Waals surface area (Å²) in [4.78, 5) is 5.04. The number of likely N-dealkylation sites (tertiary alicyclic amines) is 1. The molecule has 2 heterocycles. The van der Waals surface area contributed by atoms with Crippen LogP contribution >= 0.6 is 0 Å². The summed E-state index contributed by atoms with van der Waals surface area (Å²) >= 11 is 0. The molecule has 4 nitrogen and oxygen atoms in total. The maximum Gasteiger partial charge on any atom is 0.0637 e. The van der Waals surface area contributed by atoms with E-state index in [0.29, 0.717) is 6.17 Å². The van der Waals surface area contributed by atoms with Crippen molar-refractivity contribution in [2.75, 3.05) is 53.4 Å². The molecule has 0 aromatic heterocycles. The summed E-state index contributed by atoms with van der Waals surface area (Å²) in [7, 11) is 4.33. The Kier molecular flexibility index (Phi) is 3.97. The highest BCUT2D eigenvalue weighted by molar-refractivity contribution is 4.85. The Morgan fingerprint density at radius 3 is 2.53 bits per heavy atom. The first kappa shape index (κ1) is 11.3. The minimum atomic E-state index is 0.581. The molecule has 15 heavy (non-hydrogen) atoms. The van der Waals surface area contributed by atoms with Gasteiger partial charge in [0.15, 0.2) is 0 Å². The maximum absolute atomic E-state index is 3.51. The van der Waals surface area contributed by atoms with Crippen LogP contribution in [0.2, 0.25) is 0 Å². The van der Waals surface area contributed by atoms with Gasteiger partial charge in [-0.3, -0.25) is 4.90 Å². The summed E-state index contributed by atoms with van der Waals surface area (Å²) in [6, 6.07) is 0. The molecule has 0 spiro atoms. The average molecular weight is 212 g/mol. The van der Waals surface area contributed by atoms with E-state index in [2.05, 4.69) is 34.5 Å². The van der Waals surface area contributed by atoms with Gasteiger partial charge in [-0.2, -0.15) is 0 Å². The highest BCUT2D eigenvalue weighted by atomic mass is 15.3. The lowest BCUT2D eigenvalue weighted by Crippen LogP contribution is -2.56. The summed E-state index contributed by atoms with van der Waals surface area (Å²) in [6.07, 6.45) is 1.92. The normalized spacial score (nSPS) is 32.0. The predicted molar refractivity (Wildman–Crippen MR) is 62.9 cm³/mol. The number of rotatable bonds is 3. The molecule has 2 rings (SSSR count). The van der Waals surface area contributed by atoms with Crippen LogP contribution < -0.4 is 10.6 Å². The topological polar surface area (TPSA) is 30.5 Å². The van der Waals surface area contributed by atoms with Gasteiger partial charge in [-0.05, 0) is 27.1 Å². The van der Waals surface area contributed by atoms with Gasteiger partial charge in [-0.25, -0.2) is 0 Å². The Hall–Kier alpha value is -0.160. The largest absolute Gasteiger partial charge is 0.314 e. The second-order valence-electron chi connectivity index (χ2n) is 4.83. The maximum atomic E-state index is 3.51. The van der Waals surface area contributed by atoms with E-state index < -0.39 is 0 Å². The molecule has 0 amide bonds. The lowest BCUT2D eigenvalue weighted by atomic mass is 10.0. The Bertz CT molecular complexity index is 186. The number of piperazine rings is 1. The van der Waals surface area contributed by atoms with Crippen molar-refractivity contribution in [2.24, 2.45) is 5.92 Å². The number of hydrogen-bond acceptors (Lipinski definition) is 4. The Labute approximate surface area is 93.0 Å². The molecule has 0 bridgehead atoms. The lowest BCUT2D eigenvalue weighted by Gasteiger charge is -2.38. The Morgan fingerprint density at radius 2 is 2.00 bits per heavy atom. The molecule has 0 aliphatic carbocycles. The van der Waals surface area contributed by atoms with Crippen molar-refractivity contribution in [1.82, 2.24) is 20.4 Å². The molecule has 0 aromatic carbocycles. The van der Waals surface area contributed by atoms with E-state index in [1.165, 1.54) is 32.6 Å². The number of nitrogens with zero attached hydrogens (tertiary/aromatic N) is 2. The zero-order valence-electron chi connectivity index (χ0n) is 10.00. The van der Waals surface area contributed by atoms with Gasteiger partial charge in [0.25, 0.3) is 0 Å². The quantitative estimate of drug-likeness (QED) is 0.653. The van der Waals surface area contributed by atoms with Crippen molar-refractivity contribution in [3.05, 3.63) is 0 Å². The third-order valence-corrected chi connectivity index (χ3v) is 3.72. The van der Waals surface area contributed by atoms with E-state index in [4.69, 9.17) is 0 Å². The first-order valence-electron chi connectivity index (χ1n) is 6.12. The highest BCUT2D eigenvalue weighted by Gasteiger charge is 2.31. The van der Waals surface area contributed by atoms with E-state index in [0.717, 1.165) is 19.0 Å². The monoisotopic (exact) mass is 212 g/mol. The van der Waals surface area contributed by atoms with E-state index in [9.17, 15) is 0 Å². The summed E-state index contributed by atoms with van der Waals surface area (Å²) in [5, 5.41) is 6.92. The summed E-state index contributed by atoms with van der Waals surface area (Å²) in [6.45, 7) is 7.16. The van der Waals surface area contributed by atoms with Gasteiger partial charge in [0.05, 0.1) is 6.17 Å². The lowest BCUT2D eigenvalue weighted by molar-refractivity contribution is 0.106. The number of nitrogens with one attached hydrogen (secondary N) is 2. The van der Waals surface area contributed by atoms with Crippen LogP contribution in [0.3, 0.4) is 0 Å². The number of hydrogen-bond donors (Lipinski definition) is 2. The molecular weight excluding hydrogens is 188 g/mol. The van der Waals surface area contributed by atoms with Crippen molar-refractivity contribution < 1.29 is 0 Å². The molecule has 2 saturated heterocycles. The molecule has 88 valence electrons. The molecule has 2 N–H and O–H groups in total. The third kappa shape index (κ3) is 2.69. The smallest absolute Gasteiger partial charge is 0.0637 e. The van der Waals surface area contributed by atoms with Crippen LogP contribution in [0.5, 0.6) is 0 Å². The third-order valence-electron chi connectivity index (χ3n) is 3.72. The standard InChI is InChI=1S/C11H24N4/c1-12-11(10-3-6-14(2)9-10)15-7-4-13-5-8-15/h10-13H,3-9H2,1-2H3. The van der Waals surface area contributed by atoms with Crippen LogP contribution in [0, 0.1) is 5.92 Å².